The van der Waals surface area contributed by atoms with Crippen LogP contribution in [0, 0.1) is 0 Å². The minimum atomic E-state index is -3.77. The van der Waals surface area contributed by atoms with Gasteiger partial charge in [-0.1, -0.05) is 11.6 Å². The van der Waals surface area contributed by atoms with Crippen molar-refractivity contribution < 1.29 is 27.6 Å². The lowest BCUT2D eigenvalue weighted by atomic mass is 10.2. The van der Waals surface area contributed by atoms with E-state index in [-0.39, 0.29) is 36.2 Å². The topological polar surface area (TPSA) is 123 Å². The number of sulfonamides is 1. The number of amides is 2. The van der Waals surface area contributed by atoms with E-state index in [0.29, 0.717) is 29.4 Å². The molecule has 0 atom stereocenters. The Bertz CT molecular complexity index is 1070. The summed E-state index contributed by atoms with van der Waals surface area (Å²) >= 11 is 5.98. The van der Waals surface area contributed by atoms with Gasteiger partial charge in [0, 0.05) is 16.3 Å². The smallest absolute Gasteiger partial charge is 0.279 e. The van der Waals surface area contributed by atoms with Crippen LogP contribution in [0.4, 0.5) is 5.69 Å². The van der Waals surface area contributed by atoms with Crippen LogP contribution < -0.4 is 20.7 Å². The molecule has 1 fully saturated rings. The van der Waals surface area contributed by atoms with Crippen molar-refractivity contribution in [3.8, 4) is 5.75 Å². The lowest BCUT2D eigenvalue weighted by molar-refractivity contribution is -0.895. The standard InChI is InChI=1S/C20H23ClN4O5S/c1-30-17-7-4-15(21)12-18(17)31(28,29)25-10-8-24(9-11-25)13-19(26)23-16-5-2-14(3-6-16)20(22)27/h2-7,12H,8-11,13H2,1H3,(H2,22,27)(H,23,26)/p+1. The summed E-state index contributed by atoms with van der Waals surface area (Å²) in [6.07, 6.45) is 0. The van der Waals surface area contributed by atoms with Crippen LogP contribution in [0.1, 0.15) is 10.4 Å². The van der Waals surface area contributed by atoms with E-state index in [1.54, 1.807) is 30.3 Å². The number of hydrogen-bond acceptors (Lipinski definition) is 5. The molecule has 2 amide bonds. The zero-order chi connectivity index (χ0) is 22.6. The zero-order valence-corrected chi connectivity index (χ0v) is 18.5. The van der Waals surface area contributed by atoms with Crippen LogP contribution >= 0.6 is 11.6 Å². The summed E-state index contributed by atoms with van der Waals surface area (Å²) in [4.78, 5) is 24.4. The molecule has 166 valence electrons. The highest BCUT2D eigenvalue weighted by Crippen LogP contribution is 2.29. The number of quaternary nitrogens is 1. The summed E-state index contributed by atoms with van der Waals surface area (Å²) in [6, 6.07) is 10.8. The first-order valence-electron chi connectivity index (χ1n) is 9.57. The fourth-order valence-corrected chi connectivity index (χ4v) is 5.22. The summed E-state index contributed by atoms with van der Waals surface area (Å²) in [5, 5.41) is 3.08. The van der Waals surface area contributed by atoms with Crippen LogP contribution in [-0.2, 0) is 14.8 Å². The van der Waals surface area contributed by atoms with E-state index in [4.69, 9.17) is 22.1 Å². The Kier molecular flexibility index (Phi) is 7.16. The molecule has 31 heavy (non-hydrogen) atoms. The number of halogens is 1. The molecular weight excluding hydrogens is 444 g/mol. The number of ether oxygens (including phenoxy) is 1. The summed E-state index contributed by atoms with van der Waals surface area (Å²) < 4.78 is 32.6. The highest BCUT2D eigenvalue weighted by atomic mass is 35.5. The Balaban J connectivity index is 1.57. The van der Waals surface area contributed by atoms with Gasteiger partial charge in [0.25, 0.3) is 5.91 Å². The molecule has 1 aliphatic heterocycles. The molecule has 9 nitrogen and oxygen atoms in total. The summed E-state index contributed by atoms with van der Waals surface area (Å²) in [7, 11) is -2.36. The number of rotatable bonds is 7. The summed E-state index contributed by atoms with van der Waals surface area (Å²) in [5.41, 5.74) is 6.12. The normalized spacial score (nSPS) is 15.4. The number of carbonyl (C=O) groups is 2. The van der Waals surface area contributed by atoms with Gasteiger partial charge in [-0.2, -0.15) is 4.31 Å². The molecule has 0 spiro atoms. The molecule has 1 saturated heterocycles. The minimum Gasteiger partial charge on any atom is -0.495 e. The van der Waals surface area contributed by atoms with E-state index >= 15 is 0 Å². The summed E-state index contributed by atoms with van der Waals surface area (Å²) in [5.74, 6) is -0.499. The maximum Gasteiger partial charge on any atom is 0.279 e. The molecule has 1 heterocycles. The predicted molar refractivity (Wildman–Crippen MR) is 116 cm³/mol. The first-order valence-corrected chi connectivity index (χ1v) is 11.4. The molecule has 0 aromatic heterocycles. The zero-order valence-electron chi connectivity index (χ0n) is 16.9. The van der Waals surface area contributed by atoms with Crippen LogP contribution in [0.5, 0.6) is 5.75 Å². The Morgan fingerprint density at radius 2 is 1.81 bits per heavy atom. The molecule has 2 aromatic rings. The first-order chi connectivity index (χ1) is 14.7. The second kappa shape index (κ2) is 9.65. The van der Waals surface area contributed by atoms with E-state index in [1.807, 2.05) is 0 Å². The van der Waals surface area contributed by atoms with Gasteiger partial charge in [-0.15, -0.1) is 0 Å². The lowest BCUT2D eigenvalue weighted by Crippen LogP contribution is -3.15. The minimum absolute atomic E-state index is 0.0306. The third-order valence-electron chi connectivity index (χ3n) is 5.04. The van der Waals surface area contributed by atoms with Gasteiger partial charge in [0.15, 0.2) is 6.54 Å². The van der Waals surface area contributed by atoms with Crippen LogP contribution in [-0.4, -0.2) is 64.4 Å². The number of piperazine rings is 1. The van der Waals surface area contributed by atoms with Gasteiger partial charge in [-0.3, -0.25) is 9.59 Å². The van der Waals surface area contributed by atoms with E-state index in [0.717, 1.165) is 4.90 Å². The largest absolute Gasteiger partial charge is 0.495 e. The van der Waals surface area contributed by atoms with Gasteiger partial charge in [0.1, 0.15) is 10.6 Å². The molecule has 0 unspecified atom stereocenters. The van der Waals surface area contributed by atoms with Gasteiger partial charge < -0.3 is 20.7 Å². The average molecular weight is 468 g/mol. The number of benzene rings is 2. The Hall–Kier alpha value is -2.66. The molecule has 0 bridgehead atoms. The number of methoxy groups -OCH3 is 1. The average Bonchev–Trinajstić information content (AvgIpc) is 2.74. The molecule has 0 radical (unpaired) electrons. The van der Waals surface area contributed by atoms with Gasteiger partial charge in [0.2, 0.25) is 15.9 Å². The third kappa shape index (κ3) is 5.53. The number of anilines is 1. The van der Waals surface area contributed by atoms with Crippen LogP contribution in [0.15, 0.2) is 47.4 Å². The molecule has 0 saturated carbocycles. The van der Waals surface area contributed by atoms with Crippen molar-refractivity contribution in [2.24, 2.45) is 5.73 Å². The van der Waals surface area contributed by atoms with Crippen molar-refractivity contribution in [1.82, 2.24) is 4.31 Å². The number of hydrogen-bond donors (Lipinski definition) is 3. The highest BCUT2D eigenvalue weighted by molar-refractivity contribution is 7.89. The van der Waals surface area contributed by atoms with Crippen molar-refractivity contribution in [2.45, 2.75) is 4.90 Å². The number of nitrogens with one attached hydrogen (secondary N) is 2. The Labute approximate surface area is 185 Å². The first kappa shape index (κ1) is 23.0. The quantitative estimate of drug-likeness (QED) is 0.528. The second-order valence-corrected chi connectivity index (χ2v) is 9.46. The van der Waals surface area contributed by atoms with Crippen molar-refractivity contribution in [3.05, 3.63) is 53.1 Å². The predicted octanol–water partition coefficient (Wildman–Crippen LogP) is -0.0246. The Morgan fingerprint density at radius 3 is 2.39 bits per heavy atom. The molecule has 0 aliphatic carbocycles. The van der Waals surface area contributed by atoms with Crippen LogP contribution in [0.2, 0.25) is 5.02 Å². The number of carbonyl (C=O) groups excluding carboxylic acids is 2. The van der Waals surface area contributed by atoms with Crippen LogP contribution in [0.25, 0.3) is 0 Å². The van der Waals surface area contributed by atoms with E-state index in [9.17, 15) is 18.0 Å². The maximum atomic E-state index is 13.0. The number of primary amides is 1. The third-order valence-corrected chi connectivity index (χ3v) is 7.19. The Morgan fingerprint density at radius 1 is 1.16 bits per heavy atom. The van der Waals surface area contributed by atoms with Crippen LogP contribution in [0.3, 0.4) is 0 Å². The molecule has 4 N–H and O–H groups in total. The fourth-order valence-electron chi connectivity index (χ4n) is 3.36. The molecular formula is C20H24ClN4O5S+. The number of nitrogens with two attached hydrogens (primary N) is 1. The molecule has 1 aliphatic rings. The fraction of sp³-hybridized carbons (Fsp3) is 0.300. The van der Waals surface area contributed by atoms with E-state index in [1.165, 1.54) is 23.5 Å². The molecule has 3 rings (SSSR count). The second-order valence-electron chi connectivity index (χ2n) is 7.12. The van der Waals surface area contributed by atoms with Gasteiger partial charge in [0.05, 0.1) is 33.3 Å². The summed E-state index contributed by atoms with van der Waals surface area (Å²) in [6.45, 7) is 1.71. The van der Waals surface area contributed by atoms with E-state index in [2.05, 4.69) is 5.32 Å². The number of nitrogens with zero attached hydrogens (tertiary/aromatic N) is 1. The maximum absolute atomic E-state index is 13.0. The van der Waals surface area contributed by atoms with E-state index < -0.39 is 15.9 Å². The van der Waals surface area contributed by atoms with Crippen molar-refractivity contribution in [2.75, 3.05) is 45.2 Å². The van der Waals surface area contributed by atoms with Gasteiger partial charge >= 0.3 is 0 Å². The van der Waals surface area contributed by atoms with Gasteiger partial charge in [-0.05, 0) is 42.5 Å². The van der Waals surface area contributed by atoms with Gasteiger partial charge in [-0.25, -0.2) is 8.42 Å². The molecule has 2 aromatic carbocycles. The van der Waals surface area contributed by atoms with Crippen molar-refractivity contribution in [3.63, 3.8) is 0 Å². The van der Waals surface area contributed by atoms with Crippen molar-refractivity contribution in [1.29, 1.82) is 0 Å². The lowest BCUT2D eigenvalue weighted by Gasteiger charge is -2.31. The van der Waals surface area contributed by atoms with Crippen molar-refractivity contribution >= 4 is 39.1 Å². The highest BCUT2D eigenvalue weighted by Gasteiger charge is 2.33. The molecule has 11 heteroatoms. The SMILES string of the molecule is COc1ccc(Cl)cc1S(=O)(=O)N1CC[NH+](CC(=O)Nc2ccc(C(N)=O)cc2)CC1. The monoisotopic (exact) mass is 467 g/mol.